The number of hydrogen-bond donors (Lipinski definition) is 1. The van der Waals surface area contributed by atoms with Gasteiger partial charge < -0.3 is 9.55 Å². The molecule has 0 radical (unpaired) electrons. The van der Waals surface area contributed by atoms with Gasteiger partial charge in [-0.05, 0) is 49.7 Å². The van der Waals surface area contributed by atoms with Crippen molar-refractivity contribution in [3.63, 3.8) is 0 Å². The third-order valence-corrected chi connectivity index (χ3v) is 7.03. The Morgan fingerprint density at radius 1 is 1.17 bits per heavy atom. The van der Waals surface area contributed by atoms with Gasteiger partial charge in [0.05, 0.1) is 16.7 Å². The second-order valence-corrected chi connectivity index (χ2v) is 9.24. The molecule has 1 fully saturated rings. The van der Waals surface area contributed by atoms with Crippen LogP contribution in [0.5, 0.6) is 0 Å². The maximum atomic E-state index is 5.23. The van der Waals surface area contributed by atoms with E-state index >= 15 is 0 Å². The number of pyridine rings is 1. The number of aromatic amines is 1. The third kappa shape index (κ3) is 3.11. The van der Waals surface area contributed by atoms with E-state index in [4.69, 9.17) is 4.98 Å². The SMILES string of the molecule is CCC1CCC(c2ccc3[nH]c(-c4cn(C)c5ncncc45)c(C(C)C)c3n2)CC1. The molecule has 0 aromatic carbocycles. The number of aryl methyl sites for hydroxylation is 1. The number of fused-ring (bicyclic) bond motifs is 2. The summed E-state index contributed by atoms with van der Waals surface area (Å²) in [5.74, 6) is 1.87. The Balaban J connectivity index is 1.62. The summed E-state index contributed by atoms with van der Waals surface area (Å²) in [5.41, 5.74) is 8.07. The molecule has 0 bridgehead atoms. The highest BCUT2D eigenvalue weighted by atomic mass is 15.0. The van der Waals surface area contributed by atoms with E-state index in [1.165, 1.54) is 43.4 Å². The number of hydrogen-bond acceptors (Lipinski definition) is 3. The number of rotatable bonds is 4. The number of nitrogens with one attached hydrogen (secondary N) is 1. The van der Waals surface area contributed by atoms with Crippen LogP contribution in [0.4, 0.5) is 0 Å². The summed E-state index contributed by atoms with van der Waals surface area (Å²) in [5, 5.41) is 1.08. The Morgan fingerprint density at radius 2 is 1.97 bits per heavy atom. The summed E-state index contributed by atoms with van der Waals surface area (Å²) in [6, 6.07) is 4.48. The average molecular weight is 402 g/mol. The molecule has 156 valence electrons. The fourth-order valence-electron chi connectivity index (χ4n) is 5.29. The molecule has 30 heavy (non-hydrogen) atoms. The highest BCUT2D eigenvalue weighted by Gasteiger charge is 2.25. The first-order valence-corrected chi connectivity index (χ1v) is 11.3. The number of H-pyrrole nitrogens is 1. The predicted octanol–water partition coefficient (Wildman–Crippen LogP) is 6.32. The van der Waals surface area contributed by atoms with E-state index < -0.39 is 0 Å². The van der Waals surface area contributed by atoms with E-state index in [2.05, 4.69) is 58.6 Å². The molecule has 5 nitrogen and oxygen atoms in total. The van der Waals surface area contributed by atoms with Gasteiger partial charge in [-0.2, -0.15) is 0 Å². The van der Waals surface area contributed by atoms with Gasteiger partial charge in [0.1, 0.15) is 12.0 Å². The van der Waals surface area contributed by atoms with Crippen LogP contribution in [-0.2, 0) is 7.05 Å². The molecule has 4 heterocycles. The molecule has 5 rings (SSSR count). The van der Waals surface area contributed by atoms with E-state index in [-0.39, 0.29) is 0 Å². The molecule has 0 spiro atoms. The molecule has 0 atom stereocenters. The van der Waals surface area contributed by atoms with E-state index in [1.54, 1.807) is 6.33 Å². The molecule has 1 saturated carbocycles. The summed E-state index contributed by atoms with van der Waals surface area (Å²) < 4.78 is 2.08. The smallest absolute Gasteiger partial charge is 0.143 e. The largest absolute Gasteiger partial charge is 0.353 e. The summed E-state index contributed by atoms with van der Waals surface area (Å²) in [7, 11) is 2.04. The first kappa shape index (κ1) is 19.3. The molecule has 4 aromatic rings. The van der Waals surface area contributed by atoms with Crippen LogP contribution in [0.3, 0.4) is 0 Å². The monoisotopic (exact) mass is 401 g/mol. The quantitative estimate of drug-likeness (QED) is 0.435. The maximum Gasteiger partial charge on any atom is 0.143 e. The highest BCUT2D eigenvalue weighted by Crippen LogP contribution is 2.40. The van der Waals surface area contributed by atoms with E-state index in [9.17, 15) is 0 Å². The van der Waals surface area contributed by atoms with Gasteiger partial charge in [-0.1, -0.05) is 27.2 Å². The maximum absolute atomic E-state index is 5.23. The minimum absolute atomic E-state index is 0.368. The van der Waals surface area contributed by atoms with Gasteiger partial charge in [-0.15, -0.1) is 0 Å². The molecular formula is C25H31N5. The second kappa shape index (κ2) is 7.53. The van der Waals surface area contributed by atoms with Crippen LogP contribution < -0.4 is 0 Å². The molecule has 0 unspecified atom stereocenters. The molecule has 5 heteroatoms. The zero-order valence-electron chi connectivity index (χ0n) is 18.4. The Hall–Kier alpha value is -2.69. The fraction of sp³-hybridized carbons (Fsp3) is 0.480. The first-order valence-electron chi connectivity index (χ1n) is 11.3. The summed E-state index contributed by atoms with van der Waals surface area (Å²) in [4.78, 5) is 17.7. The topological polar surface area (TPSA) is 59.4 Å². The lowest BCUT2D eigenvalue weighted by Gasteiger charge is -2.27. The Morgan fingerprint density at radius 3 is 2.70 bits per heavy atom. The molecule has 1 N–H and O–H groups in total. The van der Waals surface area contributed by atoms with Gasteiger partial charge in [-0.3, -0.25) is 4.98 Å². The van der Waals surface area contributed by atoms with Crippen molar-refractivity contribution in [2.75, 3.05) is 0 Å². The first-order chi connectivity index (χ1) is 14.6. The van der Waals surface area contributed by atoms with Crippen molar-refractivity contribution in [1.29, 1.82) is 0 Å². The normalized spacial score (nSPS) is 19.9. The zero-order valence-corrected chi connectivity index (χ0v) is 18.4. The lowest BCUT2D eigenvalue weighted by atomic mass is 9.79. The number of aromatic nitrogens is 5. The van der Waals surface area contributed by atoms with Crippen LogP contribution in [0.2, 0.25) is 0 Å². The highest BCUT2D eigenvalue weighted by molar-refractivity contribution is 5.98. The molecule has 0 aliphatic heterocycles. The van der Waals surface area contributed by atoms with Crippen molar-refractivity contribution >= 4 is 22.1 Å². The van der Waals surface area contributed by atoms with Crippen LogP contribution >= 0.6 is 0 Å². The van der Waals surface area contributed by atoms with Gasteiger partial charge in [0, 0.05) is 47.6 Å². The van der Waals surface area contributed by atoms with Crippen LogP contribution in [0, 0.1) is 5.92 Å². The predicted molar refractivity (Wildman–Crippen MR) is 123 cm³/mol. The van der Waals surface area contributed by atoms with Crippen LogP contribution in [0.25, 0.3) is 33.3 Å². The Labute approximate surface area is 178 Å². The lowest BCUT2D eigenvalue weighted by Crippen LogP contribution is -2.13. The van der Waals surface area contributed by atoms with Gasteiger partial charge in [0.2, 0.25) is 0 Å². The van der Waals surface area contributed by atoms with Gasteiger partial charge in [0.25, 0.3) is 0 Å². The molecule has 0 saturated heterocycles. The van der Waals surface area contributed by atoms with Crippen LogP contribution in [0.15, 0.2) is 30.9 Å². The molecular weight excluding hydrogens is 370 g/mol. The minimum Gasteiger partial charge on any atom is -0.353 e. The molecule has 4 aromatic heterocycles. The van der Waals surface area contributed by atoms with E-state index in [1.807, 2.05) is 13.2 Å². The molecule has 0 amide bonds. The van der Waals surface area contributed by atoms with Crippen molar-refractivity contribution in [2.24, 2.45) is 13.0 Å². The van der Waals surface area contributed by atoms with Gasteiger partial charge >= 0.3 is 0 Å². The fourth-order valence-corrected chi connectivity index (χ4v) is 5.29. The van der Waals surface area contributed by atoms with Crippen molar-refractivity contribution in [2.45, 2.75) is 64.7 Å². The van der Waals surface area contributed by atoms with Crippen molar-refractivity contribution in [1.82, 2.24) is 24.5 Å². The lowest BCUT2D eigenvalue weighted by molar-refractivity contribution is 0.316. The van der Waals surface area contributed by atoms with Crippen molar-refractivity contribution in [3.05, 3.63) is 42.1 Å². The summed E-state index contributed by atoms with van der Waals surface area (Å²) >= 11 is 0. The standard InChI is InChI=1S/C25H31N5/c1-5-16-6-8-17(9-7-16)20-10-11-21-24(28-20)22(15(2)3)23(29-21)19-13-30(4)25-18(19)12-26-14-27-25/h10-17,29H,5-9H2,1-4H3. The van der Waals surface area contributed by atoms with Crippen molar-refractivity contribution in [3.8, 4) is 11.3 Å². The van der Waals surface area contributed by atoms with Crippen molar-refractivity contribution < 1.29 is 0 Å². The van der Waals surface area contributed by atoms with Crippen LogP contribution in [-0.4, -0.2) is 24.5 Å². The second-order valence-electron chi connectivity index (χ2n) is 9.24. The van der Waals surface area contributed by atoms with E-state index in [0.29, 0.717) is 11.8 Å². The van der Waals surface area contributed by atoms with E-state index in [0.717, 1.165) is 39.2 Å². The summed E-state index contributed by atoms with van der Waals surface area (Å²) in [6.45, 7) is 6.84. The molecule has 1 aliphatic rings. The third-order valence-electron chi connectivity index (χ3n) is 7.03. The minimum atomic E-state index is 0.368. The Kier molecular flexibility index (Phi) is 4.84. The number of nitrogens with zero attached hydrogens (tertiary/aromatic N) is 4. The van der Waals surface area contributed by atoms with Gasteiger partial charge in [-0.25, -0.2) is 9.97 Å². The average Bonchev–Trinajstić information content (AvgIpc) is 3.31. The van der Waals surface area contributed by atoms with Gasteiger partial charge in [0.15, 0.2) is 0 Å². The summed E-state index contributed by atoms with van der Waals surface area (Å²) in [6.07, 6.45) is 12.2. The Bertz CT molecular complexity index is 1190. The van der Waals surface area contributed by atoms with Crippen LogP contribution in [0.1, 0.15) is 76.0 Å². The molecule has 1 aliphatic carbocycles. The zero-order chi connectivity index (χ0) is 20.8.